The number of amides is 1. The molecular weight excluding hydrogens is 240 g/mol. The lowest BCUT2D eigenvalue weighted by Gasteiger charge is -2.15. The van der Waals surface area contributed by atoms with E-state index >= 15 is 0 Å². The van der Waals surface area contributed by atoms with Gasteiger partial charge in [-0.25, -0.2) is 0 Å². The Bertz CT molecular complexity index is 393. The Morgan fingerprint density at radius 3 is 2.84 bits per heavy atom. The van der Waals surface area contributed by atoms with Crippen LogP contribution in [0.15, 0.2) is 24.3 Å². The van der Waals surface area contributed by atoms with E-state index in [1.54, 1.807) is 11.9 Å². The lowest BCUT2D eigenvalue weighted by Crippen LogP contribution is -2.31. The van der Waals surface area contributed by atoms with Gasteiger partial charge in [0.05, 0.1) is 0 Å². The van der Waals surface area contributed by atoms with Crippen LogP contribution in [0.5, 0.6) is 5.75 Å². The number of rotatable bonds is 8. The second-order valence-electron chi connectivity index (χ2n) is 4.52. The van der Waals surface area contributed by atoms with Gasteiger partial charge in [-0.2, -0.15) is 0 Å². The van der Waals surface area contributed by atoms with Crippen molar-refractivity contribution in [2.75, 3.05) is 26.7 Å². The normalized spacial score (nSPS) is 10.3. The molecule has 106 valence electrons. The van der Waals surface area contributed by atoms with Gasteiger partial charge in [0.1, 0.15) is 5.75 Å². The van der Waals surface area contributed by atoms with Crippen LogP contribution in [0.4, 0.5) is 0 Å². The van der Waals surface area contributed by atoms with Crippen LogP contribution in [0.3, 0.4) is 0 Å². The highest BCUT2D eigenvalue weighted by molar-refractivity contribution is 5.77. The van der Waals surface area contributed by atoms with Crippen LogP contribution < -0.4 is 10.1 Å². The van der Waals surface area contributed by atoms with Gasteiger partial charge in [0, 0.05) is 20.1 Å². The van der Waals surface area contributed by atoms with Crippen LogP contribution in [0.2, 0.25) is 0 Å². The maximum absolute atomic E-state index is 11.6. The number of nitrogens with one attached hydrogen (secondary N) is 1. The first-order valence-corrected chi connectivity index (χ1v) is 6.83. The minimum Gasteiger partial charge on any atom is -0.484 e. The van der Waals surface area contributed by atoms with E-state index in [1.165, 1.54) is 5.56 Å². The smallest absolute Gasteiger partial charge is 0.260 e. The highest BCUT2D eigenvalue weighted by Gasteiger charge is 2.07. The molecule has 0 fully saturated rings. The van der Waals surface area contributed by atoms with Crippen molar-refractivity contribution in [2.24, 2.45) is 0 Å². The van der Waals surface area contributed by atoms with E-state index < -0.39 is 0 Å². The van der Waals surface area contributed by atoms with Gasteiger partial charge in [0.2, 0.25) is 0 Å². The van der Waals surface area contributed by atoms with Crippen LogP contribution in [-0.4, -0.2) is 37.6 Å². The van der Waals surface area contributed by atoms with Crippen molar-refractivity contribution in [3.63, 3.8) is 0 Å². The fourth-order valence-electron chi connectivity index (χ4n) is 1.59. The molecule has 0 unspecified atom stereocenters. The predicted molar refractivity (Wildman–Crippen MR) is 77.2 cm³/mol. The highest BCUT2D eigenvalue weighted by Crippen LogP contribution is 2.13. The topological polar surface area (TPSA) is 41.6 Å². The standard InChI is InChI=1S/C15H24N2O2/c1-4-9-16-11-13-7-6-8-14(10-13)19-12-15(18)17(3)5-2/h6-8,10,16H,4-5,9,11-12H2,1-3H3. The molecule has 0 bridgehead atoms. The van der Waals surface area contributed by atoms with Crippen molar-refractivity contribution in [2.45, 2.75) is 26.8 Å². The zero-order valence-electron chi connectivity index (χ0n) is 12.1. The molecule has 0 aromatic heterocycles. The fourth-order valence-corrected chi connectivity index (χ4v) is 1.59. The molecule has 1 aromatic carbocycles. The quantitative estimate of drug-likeness (QED) is 0.731. The van der Waals surface area contributed by atoms with Gasteiger partial charge in [-0.05, 0) is 37.6 Å². The Morgan fingerprint density at radius 1 is 1.37 bits per heavy atom. The average Bonchev–Trinajstić information content (AvgIpc) is 2.44. The molecule has 4 nitrogen and oxygen atoms in total. The lowest BCUT2D eigenvalue weighted by molar-refractivity contribution is -0.131. The van der Waals surface area contributed by atoms with Crippen LogP contribution in [0, 0.1) is 0 Å². The number of carbonyl (C=O) groups excluding carboxylic acids is 1. The van der Waals surface area contributed by atoms with Crippen molar-refractivity contribution >= 4 is 5.91 Å². The van der Waals surface area contributed by atoms with Gasteiger partial charge in [0.15, 0.2) is 6.61 Å². The molecule has 0 heterocycles. The summed E-state index contributed by atoms with van der Waals surface area (Å²) < 4.78 is 5.52. The molecule has 0 aliphatic heterocycles. The van der Waals surface area contributed by atoms with Gasteiger partial charge >= 0.3 is 0 Å². The predicted octanol–water partition coefficient (Wildman–Crippen LogP) is 2.04. The first-order chi connectivity index (χ1) is 9.17. The summed E-state index contributed by atoms with van der Waals surface area (Å²) in [7, 11) is 1.77. The maximum Gasteiger partial charge on any atom is 0.260 e. The van der Waals surface area contributed by atoms with Gasteiger partial charge in [-0.1, -0.05) is 19.1 Å². The summed E-state index contributed by atoms with van der Waals surface area (Å²) in [6, 6.07) is 7.85. The third-order valence-electron chi connectivity index (χ3n) is 2.92. The molecule has 1 aromatic rings. The van der Waals surface area contributed by atoms with E-state index in [-0.39, 0.29) is 12.5 Å². The Kier molecular flexibility index (Phi) is 6.97. The molecule has 0 aliphatic rings. The van der Waals surface area contributed by atoms with Crippen molar-refractivity contribution in [1.29, 1.82) is 0 Å². The Morgan fingerprint density at radius 2 is 2.16 bits per heavy atom. The second kappa shape index (κ2) is 8.53. The molecule has 0 spiro atoms. The SMILES string of the molecule is CCCNCc1cccc(OCC(=O)N(C)CC)c1. The number of ether oxygens (including phenoxy) is 1. The van der Waals surface area contributed by atoms with Crippen molar-refractivity contribution in [1.82, 2.24) is 10.2 Å². The van der Waals surface area contributed by atoms with Gasteiger partial charge < -0.3 is 15.0 Å². The molecule has 1 rings (SSSR count). The van der Waals surface area contributed by atoms with Crippen molar-refractivity contribution in [3.05, 3.63) is 29.8 Å². The summed E-state index contributed by atoms with van der Waals surface area (Å²) in [5.74, 6) is 0.741. The molecule has 1 amide bonds. The summed E-state index contributed by atoms with van der Waals surface area (Å²) in [6.07, 6.45) is 1.12. The third kappa shape index (κ3) is 5.75. The van der Waals surface area contributed by atoms with Crippen LogP contribution in [-0.2, 0) is 11.3 Å². The molecule has 4 heteroatoms. The Hall–Kier alpha value is -1.55. The van der Waals surface area contributed by atoms with Crippen LogP contribution in [0.25, 0.3) is 0 Å². The molecule has 0 saturated heterocycles. The molecular formula is C15H24N2O2. The zero-order chi connectivity index (χ0) is 14.1. The summed E-state index contributed by atoms with van der Waals surface area (Å²) in [5.41, 5.74) is 1.17. The first-order valence-electron chi connectivity index (χ1n) is 6.83. The maximum atomic E-state index is 11.6. The van der Waals surface area contributed by atoms with Crippen LogP contribution >= 0.6 is 0 Å². The van der Waals surface area contributed by atoms with E-state index in [0.29, 0.717) is 6.54 Å². The Labute approximate surface area is 115 Å². The molecule has 0 atom stereocenters. The monoisotopic (exact) mass is 264 g/mol. The first kappa shape index (κ1) is 15.5. The van der Waals surface area contributed by atoms with Crippen LogP contribution in [0.1, 0.15) is 25.8 Å². The lowest BCUT2D eigenvalue weighted by atomic mass is 10.2. The summed E-state index contributed by atoms with van der Waals surface area (Å²) in [6.45, 7) is 6.71. The summed E-state index contributed by atoms with van der Waals surface area (Å²) in [4.78, 5) is 13.3. The van der Waals surface area contributed by atoms with Crippen molar-refractivity contribution < 1.29 is 9.53 Å². The molecule has 19 heavy (non-hydrogen) atoms. The summed E-state index contributed by atoms with van der Waals surface area (Å²) in [5, 5.41) is 3.34. The highest BCUT2D eigenvalue weighted by atomic mass is 16.5. The minimum atomic E-state index is -0.00277. The Balaban J connectivity index is 2.45. The molecule has 0 aliphatic carbocycles. The number of hydrogen-bond donors (Lipinski definition) is 1. The number of carbonyl (C=O) groups is 1. The molecule has 1 N–H and O–H groups in total. The minimum absolute atomic E-state index is 0.00277. The van der Waals surface area contributed by atoms with Crippen molar-refractivity contribution in [3.8, 4) is 5.75 Å². The van der Waals surface area contributed by atoms with Gasteiger partial charge in [-0.3, -0.25) is 4.79 Å². The summed E-state index contributed by atoms with van der Waals surface area (Å²) >= 11 is 0. The van der Waals surface area contributed by atoms with E-state index in [0.717, 1.165) is 25.3 Å². The second-order valence-corrected chi connectivity index (χ2v) is 4.52. The third-order valence-corrected chi connectivity index (χ3v) is 2.92. The number of nitrogens with zero attached hydrogens (tertiary/aromatic N) is 1. The van der Waals surface area contributed by atoms with E-state index in [9.17, 15) is 4.79 Å². The number of likely N-dealkylation sites (N-methyl/N-ethyl adjacent to an activating group) is 1. The van der Waals surface area contributed by atoms with E-state index in [2.05, 4.69) is 18.3 Å². The largest absolute Gasteiger partial charge is 0.484 e. The fraction of sp³-hybridized carbons (Fsp3) is 0.533. The van der Waals surface area contributed by atoms with E-state index in [1.807, 2.05) is 25.1 Å². The number of benzene rings is 1. The van der Waals surface area contributed by atoms with Gasteiger partial charge in [0.25, 0.3) is 5.91 Å². The molecule has 0 radical (unpaired) electrons. The zero-order valence-corrected chi connectivity index (χ0v) is 12.1. The molecule has 0 saturated carbocycles. The van der Waals surface area contributed by atoms with Gasteiger partial charge in [-0.15, -0.1) is 0 Å². The average molecular weight is 264 g/mol. The number of hydrogen-bond acceptors (Lipinski definition) is 3. The van der Waals surface area contributed by atoms with E-state index in [4.69, 9.17) is 4.74 Å².